The topological polar surface area (TPSA) is 116 Å². The fraction of sp³-hybridized carbons (Fsp3) is 0.0789. The fourth-order valence-corrected chi connectivity index (χ4v) is 6.27. The molecule has 6 aromatic rings. The lowest BCUT2D eigenvalue weighted by atomic mass is 10.0. The number of anilines is 1. The van der Waals surface area contributed by atoms with Crippen molar-refractivity contribution in [1.82, 2.24) is 9.97 Å². The second-order valence-corrected chi connectivity index (χ2v) is 11.9. The van der Waals surface area contributed by atoms with E-state index in [-0.39, 0.29) is 11.5 Å². The maximum Gasteiger partial charge on any atom is 0.336 e. The molecule has 1 unspecified atom stereocenters. The molecule has 6 rings (SSSR count). The first-order valence-electron chi connectivity index (χ1n) is 14.6. The zero-order chi connectivity index (χ0) is 32.2. The van der Waals surface area contributed by atoms with Crippen LogP contribution in [0.5, 0.6) is 0 Å². The Bertz CT molecular complexity index is 2120. The van der Waals surface area contributed by atoms with Gasteiger partial charge >= 0.3 is 5.97 Å². The third kappa shape index (κ3) is 6.36. The van der Waals surface area contributed by atoms with Crippen molar-refractivity contribution in [3.63, 3.8) is 0 Å². The largest absolute Gasteiger partial charge is 0.478 e. The summed E-state index contributed by atoms with van der Waals surface area (Å²) >= 11 is 1.24. The van der Waals surface area contributed by atoms with Gasteiger partial charge in [-0.1, -0.05) is 102 Å². The summed E-state index contributed by atoms with van der Waals surface area (Å²) in [6.07, 6.45) is 0. The van der Waals surface area contributed by atoms with E-state index in [0.29, 0.717) is 38.4 Å². The number of hydrogen-bond acceptors (Lipinski definition) is 6. The number of aromatic nitrogens is 2. The molecule has 2 heterocycles. The van der Waals surface area contributed by atoms with E-state index in [1.165, 1.54) is 11.8 Å². The van der Waals surface area contributed by atoms with Gasteiger partial charge < -0.3 is 10.4 Å². The van der Waals surface area contributed by atoms with Crippen molar-refractivity contribution < 1.29 is 14.7 Å². The molecule has 4 aromatic carbocycles. The molecule has 0 bridgehead atoms. The molecule has 46 heavy (non-hydrogen) atoms. The lowest BCUT2D eigenvalue weighted by Crippen LogP contribution is -2.19. The Morgan fingerprint density at radius 1 is 0.826 bits per heavy atom. The number of thioether (sulfide) groups is 1. The van der Waals surface area contributed by atoms with Crippen molar-refractivity contribution in [2.45, 2.75) is 24.1 Å². The number of aromatic carboxylic acids is 1. The van der Waals surface area contributed by atoms with Crippen molar-refractivity contribution in [3.05, 3.63) is 143 Å². The summed E-state index contributed by atoms with van der Waals surface area (Å²) in [5, 5.41) is 23.1. The number of pyridine rings is 2. The number of carbonyl (C=O) groups is 2. The van der Waals surface area contributed by atoms with E-state index in [9.17, 15) is 20.0 Å². The third-order valence-electron chi connectivity index (χ3n) is 7.59. The Labute approximate surface area is 270 Å². The van der Waals surface area contributed by atoms with E-state index in [1.807, 2.05) is 80.6 Å². The Kier molecular flexibility index (Phi) is 8.59. The van der Waals surface area contributed by atoms with Gasteiger partial charge in [-0.05, 0) is 55.3 Å². The van der Waals surface area contributed by atoms with Crippen LogP contribution in [0.3, 0.4) is 0 Å². The number of nitrogens with one attached hydrogen (secondary N) is 1. The van der Waals surface area contributed by atoms with Crippen LogP contribution in [0.2, 0.25) is 0 Å². The summed E-state index contributed by atoms with van der Waals surface area (Å²) in [5.74, 6) is -1.30. The normalized spacial score (nSPS) is 11.5. The molecule has 0 saturated heterocycles. The molecule has 0 spiro atoms. The van der Waals surface area contributed by atoms with Crippen LogP contribution in [-0.4, -0.2) is 27.0 Å². The summed E-state index contributed by atoms with van der Waals surface area (Å²) in [6.45, 7) is 3.95. The summed E-state index contributed by atoms with van der Waals surface area (Å²) in [7, 11) is 0. The van der Waals surface area contributed by atoms with Gasteiger partial charge in [-0.25, -0.2) is 14.8 Å². The Morgan fingerprint density at radius 2 is 1.50 bits per heavy atom. The molecule has 0 fully saturated rings. The number of fused-ring (bicyclic) bond motifs is 1. The number of nitrogens with zero attached hydrogens (tertiary/aromatic N) is 3. The number of carboxylic acid groups (broad SMARTS) is 1. The van der Waals surface area contributed by atoms with Crippen molar-refractivity contribution in [2.75, 3.05) is 5.32 Å². The minimum atomic E-state index is -1.03. The molecule has 2 N–H and O–H groups in total. The molecule has 0 aliphatic heterocycles. The zero-order valence-electron chi connectivity index (χ0n) is 25.1. The molecule has 0 saturated carbocycles. The van der Waals surface area contributed by atoms with Crippen molar-refractivity contribution in [2.24, 2.45) is 0 Å². The van der Waals surface area contributed by atoms with Crippen LogP contribution in [0, 0.1) is 25.2 Å². The van der Waals surface area contributed by atoms with Crippen LogP contribution < -0.4 is 5.32 Å². The van der Waals surface area contributed by atoms with Gasteiger partial charge in [-0.15, -0.1) is 0 Å². The number of carboxylic acids is 1. The first kappa shape index (κ1) is 30.3. The minimum Gasteiger partial charge on any atom is -0.478 e. The first-order valence-corrected chi connectivity index (χ1v) is 15.4. The van der Waals surface area contributed by atoms with Crippen LogP contribution in [0.4, 0.5) is 5.69 Å². The predicted molar refractivity (Wildman–Crippen MR) is 182 cm³/mol. The van der Waals surface area contributed by atoms with Gasteiger partial charge in [-0.2, -0.15) is 5.26 Å². The lowest BCUT2D eigenvalue weighted by molar-refractivity contribution is -0.115. The van der Waals surface area contributed by atoms with Crippen LogP contribution in [0.25, 0.3) is 33.4 Å². The van der Waals surface area contributed by atoms with Gasteiger partial charge in [-0.3, -0.25) is 4.79 Å². The van der Waals surface area contributed by atoms with E-state index >= 15 is 0 Å². The van der Waals surface area contributed by atoms with Gasteiger partial charge in [0.25, 0.3) is 0 Å². The molecule has 1 atom stereocenters. The average molecular weight is 621 g/mol. The van der Waals surface area contributed by atoms with Gasteiger partial charge in [0.15, 0.2) is 0 Å². The molecule has 2 aromatic heterocycles. The van der Waals surface area contributed by atoms with Crippen LogP contribution >= 0.6 is 11.8 Å². The number of benzene rings is 4. The number of hydrogen-bond donors (Lipinski definition) is 2. The molecule has 0 aliphatic rings. The van der Waals surface area contributed by atoms with Crippen molar-refractivity contribution in [1.29, 1.82) is 5.26 Å². The monoisotopic (exact) mass is 620 g/mol. The van der Waals surface area contributed by atoms with E-state index in [2.05, 4.69) is 16.4 Å². The maximum atomic E-state index is 13.9. The second kappa shape index (κ2) is 13.1. The standard InChI is InChI=1S/C38H28N4O3S/c1-23-12-14-26(15-13-23)34-24(2)20-28(22-39)37(42-34)46-35(27-8-4-3-5-9-27)36(43)40-29-18-16-25(17-19-29)33-21-31(38(44)45)30-10-6-7-11-32(30)41-33/h3-21,35H,1-2H3,(H,40,43)(H,44,45). The van der Waals surface area contributed by atoms with Gasteiger partial charge in [0.1, 0.15) is 16.3 Å². The number of aryl methyl sites for hydroxylation is 2. The van der Waals surface area contributed by atoms with Gasteiger partial charge in [0.05, 0.1) is 28.0 Å². The Hall–Kier alpha value is -5.78. The summed E-state index contributed by atoms with van der Waals surface area (Å²) < 4.78 is 0. The van der Waals surface area contributed by atoms with E-state index < -0.39 is 11.2 Å². The highest BCUT2D eigenvalue weighted by Gasteiger charge is 2.25. The van der Waals surface area contributed by atoms with Crippen molar-refractivity contribution >= 4 is 40.2 Å². The van der Waals surface area contributed by atoms with Crippen LogP contribution in [-0.2, 0) is 4.79 Å². The van der Waals surface area contributed by atoms with Crippen molar-refractivity contribution in [3.8, 4) is 28.6 Å². The molecule has 8 heteroatoms. The second-order valence-electron chi connectivity index (χ2n) is 10.8. The smallest absolute Gasteiger partial charge is 0.336 e. The number of carbonyl (C=O) groups excluding carboxylic acids is 1. The van der Waals surface area contributed by atoms with Crippen LogP contribution in [0.1, 0.15) is 37.9 Å². The minimum absolute atomic E-state index is 0.174. The maximum absolute atomic E-state index is 13.9. The highest BCUT2D eigenvalue weighted by Crippen LogP contribution is 2.39. The predicted octanol–water partition coefficient (Wildman–Crippen LogP) is 8.62. The first-order chi connectivity index (χ1) is 22.3. The number of amides is 1. The van der Waals surface area contributed by atoms with E-state index in [1.54, 1.807) is 48.5 Å². The number of para-hydroxylation sites is 1. The quantitative estimate of drug-likeness (QED) is 0.164. The molecular formula is C38H28N4O3S. The lowest BCUT2D eigenvalue weighted by Gasteiger charge is -2.18. The average Bonchev–Trinajstić information content (AvgIpc) is 3.08. The molecular weight excluding hydrogens is 593 g/mol. The summed E-state index contributed by atoms with van der Waals surface area (Å²) in [5.41, 5.74) is 7.44. The van der Waals surface area contributed by atoms with E-state index in [0.717, 1.165) is 27.9 Å². The number of rotatable bonds is 8. The molecule has 224 valence electrons. The highest BCUT2D eigenvalue weighted by molar-refractivity contribution is 8.00. The SMILES string of the molecule is Cc1ccc(-c2nc(SC(C(=O)Nc3ccc(-c4cc(C(=O)O)c5ccccc5n4)cc3)c3ccccc3)c(C#N)cc2C)cc1. The summed E-state index contributed by atoms with van der Waals surface area (Å²) in [4.78, 5) is 35.4. The Morgan fingerprint density at radius 3 is 2.20 bits per heavy atom. The van der Waals surface area contributed by atoms with E-state index in [4.69, 9.17) is 4.98 Å². The highest BCUT2D eigenvalue weighted by atomic mass is 32.2. The summed E-state index contributed by atoms with van der Waals surface area (Å²) in [6, 6.07) is 37.3. The number of nitriles is 1. The molecule has 1 amide bonds. The van der Waals surface area contributed by atoms with Gasteiger partial charge in [0.2, 0.25) is 5.91 Å². The molecule has 0 radical (unpaired) electrons. The third-order valence-corrected chi connectivity index (χ3v) is 8.84. The van der Waals surface area contributed by atoms with Crippen LogP contribution in [0.15, 0.2) is 120 Å². The van der Waals surface area contributed by atoms with Gasteiger partial charge in [0, 0.05) is 22.2 Å². The molecule has 7 nitrogen and oxygen atoms in total. The molecule has 0 aliphatic carbocycles. The fourth-order valence-electron chi connectivity index (χ4n) is 5.21. The Balaban J connectivity index is 1.30. The zero-order valence-corrected chi connectivity index (χ0v) is 25.9.